The Bertz CT molecular complexity index is 1020. The molecule has 1 spiro atoms. The summed E-state index contributed by atoms with van der Waals surface area (Å²) in [5.74, 6) is 2.83. The van der Waals surface area contributed by atoms with Crippen LogP contribution in [0.4, 0.5) is 0 Å². The summed E-state index contributed by atoms with van der Waals surface area (Å²) in [6, 6.07) is 12.6. The average molecular weight is 423 g/mol. The third kappa shape index (κ3) is 3.74. The summed E-state index contributed by atoms with van der Waals surface area (Å²) < 4.78 is 23.6. The highest BCUT2D eigenvalue weighted by molar-refractivity contribution is 5.77. The van der Waals surface area contributed by atoms with Gasteiger partial charge in [-0.1, -0.05) is 26.8 Å². The van der Waals surface area contributed by atoms with Crippen molar-refractivity contribution in [2.75, 3.05) is 26.4 Å². The predicted molar refractivity (Wildman–Crippen MR) is 119 cm³/mol. The predicted octanol–water partition coefficient (Wildman–Crippen LogP) is 4.70. The number of nitrogens with two attached hydrogens (primary N) is 1. The Kier molecular flexibility index (Phi) is 4.85. The zero-order valence-electron chi connectivity index (χ0n) is 18.4. The van der Waals surface area contributed by atoms with Crippen LogP contribution in [0.2, 0.25) is 0 Å². The summed E-state index contributed by atoms with van der Waals surface area (Å²) in [7, 11) is 0. The normalized spacial score (nSPS) is 22.9. The fraction of sp³-hybridized carbons (Fsp3) is 0.480. The Labute approximate surface area is 183 Å². The van der Waals surface area contributed by atoms with Crippen LogP contribution in [0.25, 0.3) is 0 Å². The minimum absolute atomic E-state index is 0.0638. The third-order valence-corrected chi connectivity index (χ3v) is 6.16. The smallest absolute Gasteiger partial charge is 0.283 e. The molecular formula is C25H30N2O4. The van der Waals surface area contributed by atoms with Crippen molar-refractivity contribution in [1.29, 1.82) is 0 Å². The fourth-order valence-corrected chi connectivity index (χ4v) is 4.53. The van der Waals surface area contributed by atoms with E-state index in [9.17, 15) is 0 Å². The van der Waals surface area contributed by atoms with Gasteiger partial charge in [-0.3, -0.25) is 0 Å². The summed E-state index contributed by atoms with van der Waals surface area (Å²) in [5.41, 5.74) is 8.58. The van der Waals surface area contributed by atoms with Crippen molar-refractivity contribution < 1.29 is 18.9 Å². The average Bonchev–Trinajstić information content (AvgIpc) is 3.15. The van der Waals surface area contributed by atoms with E-state index >= 15 is 0 Å². The molecule has 3 aliphatic heterocycles. The first kappa shape index (κ1) is 20.2. The van der Waals surface area contributed by atoms with Crippen molar-refractivity contribution in [3.8, 4) is 17.2 Å². The molecule has 6 heteroatoms. The zero-order valence-corrected chi connectivity index (χ0v) is 18.4. The molecule has 1 atom stereocenters. The number of hydrogen-bond acceptors (Lipinski definition) is 6. The standard InChI is InChI=1S/C25H30N2O4/c1-24(2,3)14-29-18-5-7-22-20(13-18)25(15-30-23(26)27-25)19-12-17(4-6-21(19)31-22)16-8-10-28-11-9-16/h4-7,12-13,16H,8-11,14-15H2,1-3H3,(H2,26,27)/t25-/m0/s1. The quantitative estimate of drug-likeness (QED) is 0.776. The van der Waals surface area contributed by atoms with E-state index in [0.717, 1.165) is 54.4 Å². The van der Waals surface area contributed by atoms with Crippen LogP contribution >= 0.6 is 0 Å². The van der Waals surface area contributed by atoms with Gasteiger partial charge in [0.15, 0.2) is 5.54 Å². The van der Waals surface area contributed by atoms with Crippen molar-refractivity contribution in [1.82, 2.24) is 0 Å². The lowest BCUT2D eigenvalue weighted by Gasteiger charge is -2.35. The Morgan fingerprint density at radius 1 is 1.06 bits per heavy atom. The van der Waals surface area contributed by atoms with Crippen molar-refractivity contribution >= 4 is 6.02 Å². The van der Waals surface area contributed by atoms with Crippen LogP contribution in [0.3, 0.4) is 0 Å². The van der Waals surface area contributed by atoms with E-state index in [1.807, 2.05) is 18.2 Å². The lowest BCUT2D eigenvalue weighted by Crippen LogP contribution is -2.31. The Morgan fingerprint density at radius 2 is 1.77 bits per heavy atom. The number of rotatable bonds is 3. The molecule has 5 rings (SSSR count). The first-order chi connectivity index (χ1) is 14.8. The molecule has 31 heavy (non-hydrogen) atoms. The number of fused-ring (bicyclic) bond motifs is 4. The first-order valence-corrected chi connectivity index (χ1v) is 11.0. The van der Waals surface area contributed by atoms with Gasteiger partial charge in [-0.05, 0) is 60.1 Å². The van der Waals surface area contributed by atoms with E-state index in [0.29, 0.717) is 19.1 Å². The number of aliphatic imine (C=N–C) groups is 1. The van der Waals surface area contributed by atoms with Gasteiger partial charge in [0, 0.05) is 24.3 Å². The third-order valence-electron chi connectivity index (χ3n) is 6.16. The van der Waals surface area contributed by atoms with E-state index in [4.69, 9.17) is 29.7 Å². The highest BCUT2D eigenvalue weighted by Crippen LogP contribution is 2.52. The molecular weight excluding hydrogens is 392 g/mol. The zero-order chi connectivity index (χ0) is 21.6. The molecule has 2 N–H and O–H groups in total. The number of hydrogen-bond donors (Lipinski definition) is 1. The first-order valence-electron chi connectivity index (χ1n) is 11.0. The van der Waals surface area contributed by atoms with Gasteiger partial charge in [-0.25, -0.2) is 4.99 Å². The van der Waals surface area contributed by atoms with Crippen LogP contribution < -0.4 is 15.2 Å². The molecule has 1 fully saturated rings. The van der Waals surface area contributed by atoms with E-state index in [1.165, 1.54) is 5.56 Å². The largest absolute Gasteiger partial charge is 0.493 e. The van der Waals surface area contributed by atoms with Gasteiger partial charge in [0.05, 0.1) is 6.61 Å². The SMILES string of the molecule is CC(C)(C)COc1ccc2c(c1)[C@]1(COC(N)=N1)c1cc(C3CCOCC3)ccc1O2. The maximum atomic E-state index is 6.30. The minimum atomic E-state index is -0.727. The molecule has 2 aromatic rings. The van der Waals surface area contributed by atoms with Crippen molar-refractivity contribution in [3.63, 3.8) is 0 Å². The van der Waals surface area contributed by atoms with Gasteiger partial charge in [-0.2, -0.15) is 0 Å². The second kappa shape index (κ2) is 7.45. The molecule has 0 unspecified atom stereocenters. The topological polar surface area (TPSA) is 75.3 Å². The molecule has 0 radical (unpaired) electrons. The highest BCUT2D eigenvalue weighted by Gasteiger charge is 2.47. The van der Waals surface area contributed by atoms with E-state index < -0.39 is 5.54 Å². The summed E-state index contributed by atoms with van der Waals surface area (Å²) in [6.07, 6.45) is 2.05. The minimum Gasteiger partial charge on any atom is -0.493 e. The van der Waals surface area contributed by atoms with E-state index in [2.05, 4.69) is 39.0 Å². The summed E-state index contributed by atoms with van der Waals surface area (Å²) >= 11 is 0. The van der Waals surface area contributed by atoms with Crippen LogP contribution in [0.15, 0.2) is 41.4 Å². The summed E-state index contributed by atoms with van der Waals surface area (Å²) in [4.78, 5) is 4.81. The van der Waals surface area contributed by atoms with E-state index in [-0.39, 0.29) is 11.4 Å². The van der Waals surface area contributed by atoms with Gasteiger partial charge < -0.3 is 24.7 Å². The molecule has 0 bridgehead atoms. The molecule has 0 amide bonds. The number of amidine groups is 1. The van der Waals surface area contributed by atoms with Crippen LogP contribution in [0.5, 0.6) is 17.2 Å². The second-order valence-electron chi connectivity index (χ2n) is 9.85. The Hall–Kier alpha value is -2.73. The molecule has 2 aromatic carbocycles. The van der Waals surface area contributed by atoms with Gasteiger partial charge in [0.25, 0.3) is 6.02 Å². The maximum absolute atomic E-state index is 6.30. The van der Waals surface area contributed by atoms with E-state index in [1.54, 1.807) is 0 Å². The molecule has 164 valence electrons. The van der Waals surface area contributed by atoms with Crippen LogP contribution in [0.1, 0.15) is 56.2 Å². The molecule has 0 saturated carbocycles. The van der Waals surface area contributed by atoms with Gasteiger partial charge in [0.1, 0.15) is 23.9 Å². The van der Waals surface area contributed by atoms with Crippen LogP contribution in [0, 0.1) is 5.41 Å². The lowest BCUT2D eigenvalue weighted by atomic mass is 9.79. The Morgan fingerprint density at radius 3 is 2.45 bits per heavy atom. The number of nitrogens with zero attached hydrogens (tertiary/aromatic N) is 1. The maximum Gasteiger partial charge on any atom is 0.283 e. The summed E-state index contributed by atoms with van der Waals surface area (Å²) in [5, 5.41) is 0. The second-order valence-corrected chi connectivity index (χ2v) is 9.85. The van der Waals surface area contributed by atoms with Crippen LogP contribution in [-0.2, 0) is 15.0 Å². The van der Waals surface area contributed by atoms with Gasteiger partial charge >= 0.3 is 0 Å². The molecule has 0 aliphatic carbocycles. The number of ether oxygens (including phenoxy) is 4. The fourth-order valence-electron chi connectivity index (χ4n) is 4.53. The molecule has 3 heterocycles. The lowest BCUT2D eigenvalue weighted by molar-refractivity contribution is 0.0853. The van der Waals surface area contributed by atoms with Crippen molar-refractivity contribution in [2.45, 2.75) is 45.1 Å². The monoisotopic (exact) mass is 422 g/mol. The van der Waals surface area contributed by atoms with Crippen molar-refractivity contribution in [2.24, 2.45) is 16.1 Å². The van der Waals surface area contributed by atoms with Gasteiger partial charge in [0.2, 0.25) is 0 Å². The molecule has 3 aliphatic rings. The van der Waals surface area contributed by atoms with Crippen LogP contribution in [-0.4, -0.2) is 32.4 Å². The summed E-state index contributed by atoms with van der Waals surface area (Å²) in [6.45, 7) is 9.03. The van der Waals surface area contributed by atoms with Crippen molar-refractivity contribution in [3.05, 3.63) is 53.1 Å². The molecule has 1 saturated heterocycles. The Balaban J connectivity index is 1.57. The molecule has 0 aromatic heterocycles. The highest BCUT2D eigenvalue weighted by atomic mass is 16.5. The molecule has 6 nitrogen and oxygen atoms in total. The van der Waals surface area contributed by atoms with Gasteiger partial charge in [-0.15, -0.1) is 0 Å². The number of benzene rings is 2.